The van der Waals surface area contributed by atoms with Gasteiger partial charge in [0.05, 0.1) is 12.2 Å². The molecule has 0 saturated carbocycles. The van der Waals surface area contributed by atoms with Crippen molar-refractivity contribution in [2.24, 2.45) is 0 Å². The van der Waals surface area contributed by atoms with Crippen LogP contribution in [0.3, 0.4) is 0 Å². The average molecular weight is 410 g/mol. The molecule has 3 heterocycles. The van der Waals surface area contributed by atoms with Gasteiger partial charge in [0, 0.05) is 30.4 Å². The third-order valence-electron chi connectivity index (χ3n) is 4.89. The molecule has 0 aromatic carbocycles. The van der Waals surface area contributed by atoms with Gasteiger partial charge < -0.3 is 9.42 Å². The molecular weight excluding hydrogens is 389 g/mol. The second-order valence-corrected chi connectivity index (χ2v) is 6.96. The van der Waals surface area contributed by atoms with Crippen molar-refractivity contribution in [2.75, 3.05) is 7.05 Å². The number of fused-ring (bicyclic) bond motifs is 1. The summed E-state index contributed by atoms with van der Waals surface area (Å²) in [6, 6.07) is 0. The number of amides is 1. The zero-order valence-electron chi connectivity index (χ0n) is 16.8. The molecule has 0 aliphatic heterocycles. The first-order valence-electron chi connectivity index (χ1n) is 8.94. The Bertz CT molecular complexity index is 1050. The number of nitrogens with zero attached hydrogens (tertiary/aromatic N) is 6. The van der Waals surface area contributed by atoms with Crippen molar-refractivity contribution in [3.8, 4) is 0 Å². The predicted molar refractivity (Wildman–Crippen MR) is 96.0 cm³/mol. The number of aromatic nitrogens is 5. The SMILES string of the molecule is Cc1noc(C)c1CN(C)C(=O)CCc1c(C)nc2nc(C(F)(F)F)nn2c1C. The van der Waals surface area contributed by atoms with Gasteiger partial charge in [0.2, 0.25) is 5.91 Å². The first-order chi connectivity index (χ1) is 13.5. The van der Waals surface area contributed by atoms with E-state index in [0.717, 1.165) is 15.8 Å². The summed E-state index contributed by atoms with van der Waals surface area (Å²) in [5.74, 6) is -0.800. The molecule has 0 aliphatic carbocycles. The van der Waals surface area contributed by atoms with E-state index in [2.05, 4.69) is 20.2 Å². The Hall–Kier alpha value is -2.98. The van der Waals surface area contributed by atoms with Gasteiger partial charge in [-0.15, -0.1) is 5.10 Å². The minimum absolute atomic E-state index is 0.113. The predicted octanol–water partition coefficient (Wildman–Crippen LogP) is 2.96. The van der Waals surface area contributed by atoms with Crippen LogP contribution in [0, 0.1) is 27.7 Å². The molecule has 0 aliphatic rings. The fourth-order valence-electron chi connectivity index (χ4n) is 3.17. The van der Waals surface area contributed by atoms with E-state index in [1.165, 1.54) is 0 Å². The van der Waals surface area contributed by atoms with Crippen LogP contribution in [0.15, 0.2) is 4.52 Å². The molecule has 0 unspecified atom stereocenters. The van der Waals surface area contributed by atoms with E-state index in [9.17, 15) is 18.0 Å². The highest BCUT2D eigenvalue weighted by atomic mass is 19.4. The minimum Gasteiger partial charge on any atom is -0.361 e. The molecule has 0 N–H and O–H groups in total. The monoisotopic (exact) mass is 410 g/mol. The third-order valence-corrected chi connectivity index (χ3v) is 4.89. The largest absolute Gasteiger partial charge is 0.453 e. The molecule has 1 amide bonds. The molecule has 3 rings (SSSR count). The highest BCUT2D eigenvalue weighted by Gasteiger charge is 2.37. The summed E-state index contributed by atoms with van der Waals surface area (Å²) in [5, 5.41) is 7.40. The van der Waals surface area contributed by atoms with Gasteiger partial charge in [0.25, 0.3) is 11.6 Å². The smallest absolute Gasteiger partial charge is 0.361 e. The maximum Gasteiger partial charge on any atom is 0.453 e. The summed E-state index contributed by atoms with van der Waals surface area (Å²) in [6.45, 7) is 7.29. The fraction of sp³-hybridized carbons (Fsp3) is 0.500. The molecule has 29 heavy (non-hydrogen) atoms. The summed E-state index contributed by atoms with van der Waals surface area (Å²) >= 11 is 0. The van der Waals surface area contributed by atoms with Gasteiger partial charge in [-0.3, -0.25) is 4.79 Å². The minimum atomic E-state index is -4.65. The van der Waals surface area contributed by atoms with Gasteiger partial charge in [-0.05, 0) is 39.7 Å². The Kier molecular flexibility index (Phi) is 5.33. The Morgan fingerprint density at radius 2 is 1.79 bits per heavy atom. The van der Waals surface area contributed by atoms with E-state index >= 15 is 0 Å². The number of hydrogen-bond acceptors (Lipinski definition) is 6. The molecule has 156 valence electrons. The van der Waals surface area contributed by atoms with Gasteiger partial charge in [-0.25, -0.2) is 9.50 Å². The molecule has 0 fully saturated rings. The second-order valence-electron chi connectivity index (χ2n) is 6.96. The van der Waals surface area contributed by atoms with Crippen LogP contribution in [0.2, 0.25) is 0 Å². The van der Waals surface area contributed by atoms with Gasteiger partial charge in [0.1, 0.15) is 5.76 Å². The van der Waals surface area contributed by atoms with Crippen molar-refractivity contribution < 1.29 is 22.5 Å². The van der Waals surface area contributed by atoms with Crippen LogP contribution in [-0.2, 0) is 23.9 Å². The van der Waals surface area contributed by atoms with Crippen LogP contribution in [-0.4, -0.2) is 42.6 Å². The van der Waals surface area contributed by atoms with E-state index in [0.29, 0.717) is 35.7 Å². The van der Waals surface area contributed by atoms with E-state index in [-0.39, 0.29) is 18.1 Å². The van der Waals surface area contributed by atoms with E-state index in [4.69, 9.17) is 4.52 Å². The maximum atomic E-state index is 12.9. The Morgan fingerprint density at radius 1 is 1.10 bits per heavy atom. The number of carbonyl (C=O) groups excluding carboxylic acids is 1. The standard InChI is InChI=1S/C18H21F3N6O2/c1-9-13(11(3)27-17(22-9)23-16(24-27)18(19,20)21)6-7-15(28)26(5)8-14-10(2)25-29-12(14)4/h6-8H2,1-5H3. The van der Waals surface area contributed by atoms with Crippen LogP contribution in [0.4, 0.5) is 13.2 Å². The Labute approximate surface area is 164 Å². The van der Waals surface area contributed by atoms with Crippen molar-refractivity contribution >= 4 is 11.7 Å². The number of carbonyl (C=O) groups is 1. The summed E-state index contributed by atoms with van der Waals surface area (Å²) in [7, 11) is 1.68. The van der Waals surface area contributed by atoms with Gasteiger partial charge in [-0.1, -0.05) is 5.16 Å². The van der Waals surface area contributed by atoms with Crippen molar-refractivity contribution in [2.45, 2.75) is 53.3 Å². The maximum absolute atomic E-state index is 12.9. The lowest BCUT2D eigenvalue weighted by atomic mass is 10.1. The first-order valence-corrected chi connectivity index (χ1v) is 8.94. The van der Waals surface area contributed by atoms with Crippen LogP contribution >= 0.6 is 0 Å². The summed E-state index contributed by atoms with van der Waals surface area (Å²) in [4.78, 5) is 21.7. The van der Waals surface area contributed by atoms with Crippen molar-refractivity contribution in [1.82, 2.24) is 29.6 Å². The molecule has 0 atom stereocenters. The third kappa shape index (κ3) is 4.08. The van der Waals surface area contributed by atoms with Crippen molar-refractivity contribution in [3.63, 3.8) is 0 Å². The van der Waals surface area contributed by atoms with E-state index < -0.39 is 12.0 Å². The molecule has 11 heteroatoms. The Morgan fingerprint density at radius 3 is 2.38 bits per heavy atom. The van der Waals surface area contributed by atoms with Crippen LogP contribution in [0.25, 0.3) is 5.78 Å². The molecule has 8 nitrogen and oxygen atoms in total. The number of halogens is 3. The lowest BCUT2D eigenvalue weighted by molar-refractivity contribution is -0.144. The normalized spacial score (nSPS) is 12.0. The number of alkyl halides is 3. The zero-order valence-corrected chi connectivity index (χ0v) is 16.8. The topological polar surface area (TPSA) is 89.4 Å². The number of aryl methyl sites for hydroxylation is 4. The van der Waals surface area contributed by atoms with Crippen LogP contribution < -0.4 is 0 Å². The summed E-state index contributed by atoms with van der Waals surface area (Å²) < 4.78 is 44.8. The number of rotatable bonds is 5. The van der Waals surface area contributed by atoms with Gasteiger partial charge >= 0.3 is 6.18 Å². The molecule has 3 aromatic heterocycles. The lowest BCUT2D eigenvalue weighted by Crippen LogP contribution is -2.27. The summed E-state index contributed by atoms with van der Waals surface area (Å²) in [6.07, 6.45) is -4.15. The van der Waals surface area contributed by atoms with E-state index in [1.54, 1.807) is 32.7 Å². The summed E-state index contributed by atoms with van der Waals surface area (Å²) in [5.41, 5.74) is 3.28. The molecule has 3 aromatic rings. The van der Waals surface area contributed by atoms with Crippen molar-refractivity contribution in [3.05, 3.63) is 39.8 Å². The second kappa shape index (κ2) is 7.45. The van der Waals surface area contributed by atoms with Crippen molar-refractivity contribution in [1.29, 1.82) is 0 Å². The number of hydrogen-bond donors (Lipinski definition) is 0. The molecule has 0 bridgehead atoms. The van der Waals surface area contributed by atoms with E-state index in [1.807, 2.05) is 6.92 Å². The molecule has 0 spiro atoms. The molecular formula is C18H21F3N6O2. The lowest BCUT2D eigenvalue weighted by Gasteiger charge is -2.18. The van der Waals surface area contributed by atoms with Crippen LogP contribution in [0.1, 0.15) is 46.2 Å². The zero-order chi connectivity index (χ0) is 21.5. The van der Waals surface area contributed by atoms with Gasteiger partial charge in [-0.2, -0.15) is 18.2 Å². The fourth-order valence-corrected chi connectivity index (χ4v) is 3.17. The van der Waals surface area contributed by atoms with Crippen LogP contribution in [0.5, 0.6) is 0 Å². The average Bonchev–Trinajstić information content (AvgIpc) is 3.19. The first kappa shape index (κ1) is 20.7. The molecule has 0 radical (unpaired) electrons. The molecule has 0 saturated heterocycles. The van der Waals surface area contributed by atoms with Gasteiger partial charge in [0.15, 0.2) is 0 Å². The highest BCUT2D eigenvalue weighted by molar-refractivity contribution is 5.76. The quantitative estimate of drug-likeness (QED) is 0.643. The highest BCUT2D eigenvalue weighted by Crippen LogP contribution is 2.27. The Balaban J connectivity index is 1.76.